The molecule has 7 nitrogen and oxygen atoms in total. The third-order valence-electron chi connectivity index (χ3n) is 4.45. The number of ether oxygens (including phenoxy) is 2. The molecular weight excluding hydrogens is 376 g/mol. The van der Waals surface area contributed by atoms with E-state index >= 15 is 0 Å². The zero-order valence-corrected chi connectivity index (χ0v) is 15.9. The van der Waals surface area contributed by atoms with E-state index < -0.39 is 0 Å². The van der Waals surface area contributed by atoms with E-state index in [1.807, 2.05) is 48.5 Å². The zero-order chi connectivity index (χ0) is 19.2. The van der Waals surface area contributed by atoms with Crippen LogP contribution in [0.25, 0.3) is 0 Å². The molecule has 0 bridgehead atoms. The van der Waals surface area contributed by atoms with Crippen molar-refractivity contribution in [3.8, 4) is 11.5 Å². The summed E-state index contributed by atoms with van der Waals surface area (Å²) in [5, 5.41) is 10.3. The molecular formula is C20H20N4O3S. The van der Waals surface area contributed by atoms with Crippen LogP contribution in [0.5, 0.6) is 11.5 Å². The van der Waals surface area contributed by atoms with Crippen LogP contribution < -0.4 is 14.8 Å². The lowest BCUT2D eigenvalue weighted by molar-refractivity contribution is -0.121. The highest BCUT2D eigenvalue weighted by atomic mass is 32.2. The summed E-state index contributed by atoms with van der Waals surface area (Å²) in [6, 6.07) is 15.9. The minimum atomic E-state index is -0.0578. The number of fused-ring (bicyclic) bond motifs is 1. The number of rotatable bonds is 8. The first kappa shape index (κ1) is 18.4. The molecule has 0 unspecified atom stereocenters. The molecule has 0 saturated heterocycles. The smallest absolute Gasteiger partial charge is 0.231 e. The number of thioether (sulfide) groups is 1. The second kappa shape index (κ2) is 8.79. The molecule has 2 heterocycles. The van der Waals surface area contributed by atoms with Crippen LogP contribution >= 0.6 is 11.8 Å². The van der Waals surface area contributed by atoms with Gasteiger partial charge in [-0.1, -0.05) is 48.2 Å². The van der Waals surface area contributed by atoms with Gasteiger partial charge in [-0.05, 0) is 23.3 Å². The molecule has 1 aliphatic rings. The van der Waals surface area contributed by atoms with E-state index in [2.05, 4.69) is 20.5 Å². The predicted molar refractivity (Wildman–Crippen MR) is 106 cm³/mol. The van der Waals surface area contributed by atoms with Gasteiger partial charge in [0.25, 0.3) is 0 Å². The average molecular weight is 396 g/mol. The molecule has 8 heteroatoms. The summed E-state index contributed by atoms with van der Waals surface area (Å²) in [6.45, 7) is 0.797. The van der Waals surface area contributed by atoms with Crippen molar-refractivity contribution in [1.29, 1.82) is 0 Å². The normalized spacial score (nSPS) is 13.3. The number of H-pyrrole nitrogens is 1. The van der Waals surface area contributed by atoms with Gasteiger partial charge in [-0.25, -0.2) is 4.98 Å². The van der Waals surface area contributed by atoms with Crippen LogP contribution in [0.2, 0.25) is 0 Å². The number of benzene rings is 2. The number of amides is 1. The quantitative estimate of drug-likeness (QED) is 0.450. The molecule has 0 spiro atoms. The Morgan fingerprint density at radius 3 is 2.82 bits per heavy atom. The Balaban J connectivity index is 1.41. The Labute approximate surface area is 166 Å². The van der Waals surface area contributed by atoms with E-state index in [4.69, 9.17) is 9.47 Å². The topological polar surface area (TPSA) is 89.1 Å². The maximum absolute atomic E-state index is 12.6. The van der Waals surface area contributed by atoms with Crippen LogP contribution in [0, 0.1) is 0 Å². The number of aromatic amines is 1. The second-order valence-electron chi connectivity index (χ2n) is 6.27. The number of hydrogen-bond donors (Lipinski definition) is 2. The minimum absolute atomic E-state index is 0.00434. The largest absolute Gasteiger partial charge is 0.454 e. The van der Waals surface area contributed by atoms with Crippen LogP contribution in [-0.2, 0) is 4.79 Å². The van der Waals surface area contributed by atoms with Crippen molar-refractivity contribution in [2.75, 3.05) is 19.1 Å². The Hall–Kier alpha value is -3.00. The molecule has 2 N–H and O–H groups in total. The maximum Gasteiger partial charge on any atom is 0.231 e. The molecule has 1 aromatic heterocycles. The molecule has 144 valence electrons. The van der Waals surface area contributed by atoms with Gasteiger partial charge in [-0.3, -0.25) is 9.89 Å². The highest BCUT2D eigenvalue weighted by Gasteiger charge is 2.21. The average Bonchev–Trinajstić information content (AvgIpc) is 3.41. The van der Waals surface area contributed by atoms with Crippen molar-refractivity contribution in [3.63, 3.8) is 0 Å². The standard InChI is InChI=1S/C20H20N4O3S/c25-19(21-8-9-28-20-22-12-23-24-20)11-16(14-4-2-1-3-5-14)15-6-7-17-18(10-15)27-13-26-17/h1-7,10,12,16H,8-9,11,13H2,(H,21,25)(H,22,23,24)/t16-/m1/s1. The lowest BCUT2D eigenvalue weighted by Crippen LogP contribution is -2.27. The van der Waals surface area contributed by atoms with E-state index in [1.165, 1.54) is 18.1 Å². The number of carbonyl (C=O) groups is 1. The van der Waals surface area contributed by atoms with Crippen molar-refractivity contribution < 1.29 is 14.3 Å². The van der Waals surface area contributed by atoms with Crippen LogP contribution in [0.15, 0.2) is 60.0 Å². The van der Waals surface area contributed by atoms with Gasteiger partial charge in [0.2, 0.25) is 12.7 Å². The SMILES string of the molecule is O=C(C[C@H](c1ccccc1)c1ccc2c(c1)OCO2)NCCSc1ncn[nH]1. The van der Waals surface area contributed by atoms with Gasteiger partial charge >= 0.3 is 0 Å². The first-order chi connectivity index (χ1) is 13.8. The summed E-state index contributed by atoms with van der Waals surface area (Å²) in [5.74, 6) is 2.13. The third-order valence-corrected chi connectivity index (χ3v) is 5.32. The Bertz CT molecular complexity index is 918. The Morgan fingerprint density at radius 1 is 1.14 bits per heavy atom. The molecule has 2 aromatic carbocycles. The molecule has 0 aliphatic carbocycles. The Kier molecular flexibility index (Phi) is 5.77. The summed E-state index contributed by atoms with van der Waals surface area (Å²) in [5.41, 5.74) is 2.12. The zero-order valence-electron chi connectivity index (χ0n) is 15.1. The second-order valence-corrected chi connectivity index (χ2v) is 7.35. The fraction of sp³-hybridized carbons (Fsp3) is 0.250. The van der Waals surface area contributed by atoms with E-state index in [-0.39, 0.29) is 18.6 Å². The van der Waals surface area contributed by atoms with E-state index in [0.29, 0.717) is 13.0 Å². The molecule has 3 aromatic rings. The number of hydrogen-bond acceptors (Lipinski definition) is 6. The third kappa shape index (κ3) is 4.45. The van der Waals surface area contributed by atoms with Crippen molar-refractivity contribution in [2.45, 2.75) is 17.5 Å². The van der Waals surface area contributed by atoms with Gasteiger partial charge in [-0.15, -0.1) is 0 Å². The molecule has 0 saturated carbocycles. The lowest BCUT2D eigenvalue weighted by atomic mass is 9.88. The predicted octanol–water partition coefficient (Wildman–Crippen LogP) is 2.96. The van der Waals surface area contributed by atoms with Crippen molar-refractivity contribution >= 4 is 17.7 Å². The van der Waals surface area contributed by atoms with Crippen molar-refractivity contribution in [2.24, 2.45) is 0 Å². The first-order valence-electron chi connectivity index (χ1n) is 8.99. The van der Waals surface area contributed by atoms with E-state index in [9.17, 15) is 4.79 Å². The van der Waals surface area contributed by atoms with Crippen molar-refractivity contribution in [3.05, 3.63) is 66.0 Å². The summed E-state index contributed by atoms with van der Waals surface area (Å²) in [4.78, 5) is 16.6. The van der Waals surface area contributed by atoms with E-state index in [1.54, 1.807) is 0 Å². The highest BCUT2D eigenvalue weighted by molar-refractivity contribution is 7.99. The molecule has 4 rings (SSSR count). The molecule has 0 fully saturated rings. The summed E-state index contributed by atoms with van der Waals surface area (Å²) < 4.78 is 10.9. The van der Waals surface area contributed by atoms with Gasteiger partial charge < -0.3 is 14.8 Å². The molecule has 0 radical (unpaired) electrons. The van der Waals surface area contributed by atoms with Gasteiger partial charge in [0, 0.05) is 24.6 Å². The fourth-order valence-electron chi connectivity index (χ4n) is 3.10. The number of carbonyl (C=O) groups excluding carboxylic acids is 1. The van der Waals surface area contributed by atoms with Gasteiger partial charge in [-0.2, -0.15) is 5.10 Å². The monoisotopic (exact) mass is 396 g/mol. The number of aromatic nitrogens is 3. The van der Waals surface area contributed by atoms with Gasteiger partial charge in [0.05, 0.1) is 0 Å². The number of nitrogens with zero attached hydrogens (tertiary/aromatic N) is 2. The fourth-order valence-corrected chi connectivity index (χ4v) is 3.74. The molecule has 28 heavy (non-hydrogen) atoms. The molecule has 1 aliphatic heterocycles. The first-order valence-corrected chi connectivity index (χ1v) is 9.97. The minimum Gasteiger partial charge on any atom is -0.454 e. The van der Waals surface area contributed by atoms with Crippen LogP contribution in [0.1, 0.15) is 23.5 Å². The van der Waals surface area contributed by atoms with Gasteiger partial charge in [0.15, 0.2) is 16.7 Å². The Morgan fingerprint density at radius 2 is 2.00 bits per heavy atom. The van der Waals surface area contributed by atoms with Gasteiger partial charge in [0.1, 0.15) is 6.33 Å². The van der Waals surface area contributed by atoms with Crippen LogP contribution in [-0.4, -0.2) is 40.2 Å². The lowest BCUT2D eigenvalue weighted by Gasteiger charge is -2.18. The number of nitrogens with one attached hydrogen (secondary N) is 2. The summed E-state index contributed by atoms with van der Waals surface area (Å²) in [7, 11) is 0. The maximum atomic E-state index is 12.6. The molecule has 1 atom stereocenters. The summed E-state index contributed by atoms with van der Waals surface area (Å²) >= 11 is 1.52. The molecule has 1 amide bonds. The van der Waals surface area contributed by atoms with Crippen molar-refractivity contribution in [1.82, 2.24) is 20.5 Å². The summed E-state index contributed by atoms with van der Waals surface area (Å²) in [6.07, 6.45) is 1.83. The van der Waals surface area contributed by atoms with Crippen LogP contribution in [0.4, 0.5) is 0 Å². The van der Waals surface area contributed by atoms with E-state index in [0.717, 1.165) is 33.5 Å². The van der Waals surface area contributed by atoms with Crippen LogP contribution in [0.3, 0.4) is 0 Å². The highest BCUT2D eigenvalue weighted by Crippen LogP contribution is 2.37.